The molecule has 1 aromatic rings. The Hall–Kier alpha value is -0.820. The van der Waals surface area contributed by atoms with Gasteiger partial charge in [0.05, 0.1) is 0 Å². The Labute approximate surface area is 99.0 Å². The molecule has 1 nitrogen and oxygen atoms in total. The lowest BCUT2D eigenvalue weighted by Gasteiger charge is -2.31. The second-order valence-electron chi connectivity index (χ2n) is 5.17. The van der Waals surface area contributed by atoms with Gasteiger partial charge in [0.25, 0.3) is 0 Å². The zero-order chi connectivity index (χ0) is 11.4. The fraction of sp³-hybridized carbons (Fsp3) is 0.600. The van der Waals surface area contributed by atoms with Crippen LogP contribution < -0.4 is 5.73 Å². The van der Waals surface area contributed by atoms with Crippen LogP contribution in [0, 0.1) is 5.92 Å². The lowest BCUT2D eigenvalue weighted by atomic mass is 9.78. The molecule has 0 saturated heterocycles. The molecule has 2 rings (SSSR count). The Balaban J connectivity index is 2.00. The number of nitrogens with two attached hydrogens (primary N) is 1. The van der Waals surface area contributed by atoms with Gasteiger partial charge >= 0.3 is 0 Å². The van der Waals surface area contributed by atoms with Gasteiger partial charge < -0.3 is 5.73 Å². The van der Waals surface area contributed by atoms with E-state index in [-0.39, 0.29) is 0 Å². The Morgan fingerprint density at radius 1 is 1.06 bits per heavy atom. The minimum absolute atomic E-state index is 0.336. The Morgan fingerprint density at radius 3 is 2.31 bits per heavy atom. The molecule has 0 radical (unpaired) electrons. The largest absolute Gasteiger partial charge is 0.327 e. The first-order valence-electron chi connectivity index (χ1n) is 6.59. The van der Waals surface area contributed by atoms with Crippen molar-refractivity contribution in [2.75, 3.05) is 0 Å². The van der Waals surface area contributed by atoms with Crippen LogP contribution in [0.1, 0.15) is 50.5 Å². The molecule has 88 valence electrons. The summed E-state index contributed by atoms with van der Waals surface area (Å²) in [6.45, 7) is 2.27. The molecule has 2 N–H and O–H groups in total. The van der Waals surface area contributed by atoms with Crippen LogP contribution in [0.3, 0.4) is 0 Å². The van der Waals surface area contributed by atoms with E-state index >= 15 is 0 Å². The topological polar surface area (TPSA) is 26.0 Å². The van der Waals surface area contributed by atoms with E-state index in [2.05, 4.69) is 37.3 Å². The van der Waals surface area contributed by atoms with E-state index in [4.69, 9.17) is 5.73 Å². The molecule has 0 bridgehead atoms. The monoisotopic (exact) mass is 217 g/mol. The zero-order valence-corrected chi connectivity index (χ0v) is 10.2. The fourth-order valence-electron chi connectivity index (χ4n) is 2.91. The second kappa shape index (κ2) is 5.49. The highest BCUT2D eigenvalue weighted by atomic mass is 14.7. The van der Waals surface area contributed by atoms with Crippen LogP contribution in [0.4, 0.5) is 0 Å². The number of benzene rings is 1. The van der Waals surface area contributed by atoms with Crippen LogP contribution in [0.15, 0.2) is 30.3 Å². The smallest absolute Gasteiger partial charge is 0.0134 e. The highest BCUT2D eigenvalue weighted by Gasteiger charge is 2.25. The van der Waals surface area contributed by atoms with Crippen molar-refractivity contribution in [1.82, 2.24) is 0 Å². The molecule has 2 atom stereocenters. The van der Waals surface area contributed by atoms with Crippen LogP contribution in [0.5, 0.6) is 0 Å². The third-order valence-corrected chi connectivity index (χ3v) is 4.10. The lowest BCUT2D eigenvalue weighted by Crippen LogP contribution is -2.36. The van der Waals surface area contributed by atoms with Gasteiger partial charge in [-0.1, -0.05) is 56.5 Å². The molecule has 1 fully saturated rings. The maximum atomic E-state index is 6.42. The van der Waals surface area contributed by atoms with Gasteiger partial charge in [0.1, 0.15) is 0 Å². The minimum atomic E-state index is 0.336. The fourth-order valence-corrected chi connectivity index (χ4v) is 2.91. The van der Waals surface area contributed by atoms with Gasteiger partial charge in [-0.2, -0.15) is 0 Å². The minimum Gasteiger partial charge on any atom is -0.327 e. The summed E-state index contributed by atoms with van der Waals surface area (Å²) in [6.07, 6.45) is 6.82. The summed E-state index contributed by atoms with van der Waals surface area (Å²) in [6, 6.07) is 11.0. The standard InChI is InChI=1S/C15H23N/c1-12(13-8-4-2-5-9-13)15(16)14-10-6-3-7-11-14/h2,4-5,8-9,12,14-15H,3,6-7,10-11,16H2,1H3. The van der Waals surface area contributed by atoms with Gasteiger partial charge in [-0.05, 0) is 30.2 Å². The van der Waals surface area contributed by atoms with Crippen molar-refractivity contribution in [3.63, 3.8) is 0 Å². The Kier molecular flexibility index (Phi) is 4.00. The third kappa shape index (κ3) is 2.65. The number of hydrogen-bond acceptors (Lipinski definition) is 1. The van der Waals surface area contributed by atoms with Crippen molar-refractivity contribution in [2.24, 2.45) is 11.7 Å². The SMILES string of the molecule is CC(c1ccccc1)C(N)C1CCCCC1. The molecule has 16 heavy (non-hydrogen) atoms. The summed E-state index contributed by atoms with van der Waals surface area (Å²) in [5.74, 6) is 1.23. The molecule has 1 heteroatoms. The van der Waals surface area contributed by atoms with Gasteiger partial charge in [-0.3, -0.25) is 0 Å². The molecule has 1 aromatic carbocycles. The molecule has 1 aliphatic carbocycles. The Morgan fingerprint density at radius 2 is 1.69 bits per heavy atom. The summed E-state index contributed by atoms with van der Waals surface area (Å²) >= 11 is 0. The van der Waals surface area contributed by atoms with E-state index < -0.39 is 0 Å². The highest BCUT2D eigenvalue weighted by Crippen LogP contribution is 2.31. The van der Waals surface area contributed by atoms with Crippen LogP contribution in [0.2, 0.25) is 0 Å². The molecule has 0 spiro atoms. The van der Waals surface area contributed by atoms with E-state index in [0.29, 0.717) is 12.0 Å². The van der Waals surface area contributed by atoms with Gasteiger partial charge in [-0.25, -0.2) is 0 Å². The second-order valence-corrected chi connectivity index (χ2v) is 5.17. The van der Waals surface area contributed by atoms with Crippen LogP contribution in [-0.4, -0.2) is 6.04 Å². The summed E-state index contributed by atoms with van der Waals surface area (Å²) < 4.78 is 0. The summed E-state index contributed by atoms with van der Waals surface area (Å²) in [4.78, 5) is 0. The van der Waals surface area contributed by atoms with Crippen molar-refractivity contribution in [1.29, 1.82) is 0 Å². The summed E-state index contributed by atoms with van der Waals surface area (Å²) in [5, 5.41) is 0. The first-order valence-corrected chi connectivity index (χ1v) is 6.59. The van der Waals surface area contributed by atoms with Crippen molar-refractivity contribution in [2.45, 2.75) is 51.0 Å². The maximum absolute atomic E-state index is 6.42. The predicted octanol–water partition coefficient (Wildman–Crippen LogP) is 3.70. The van der Waals surface area contributed by atoms with Gasteiger partial charge in [0, 0.05) is 6.04 Å². The molecular formula is C15H23N. The van der Waals surface area contributed by atoms with Gasteiger partial charge in [0.15, 0.2) is 0 Å². The third-order valence-electron chi connectivity index (χ3n) is 4.10. The van der Waals surface area contributed by atoms with E-state index in [0.717, 1.165) is 5.92 Å². The van der Waals surface area contributed by atoms with Crippen molar-refractivity contribution < 1.29 is 0 Å². The van der Waals surface area contributed by atoms with Gasteiger partial charge in [0.2, 0.25) is 0 Å². The summed E-state index contributed by atoms with van der Waals surface area (Å²) in [5.41, 5.74) is 7.81. The van der Waals surface area contributed by atoms with E-state index in [1.807, 2.05) is 0 Å². The average molecular weight is 217 g/mol. The van der Waals surface area contributed by atoms with E-state index in [1.165, 1.54) is 37.7 Å². The van der Waals surface area contributed by atoms with Crippen molar-refractivity contribution in [3.05, 3.63) is 35.9 Å². The molecule has 0 amide bonds. The number of hydrogen-bond donors (Lipinski definition) is 1. The first-order chi connectivity index (χ1) is 7.79. The maximum Gasteiger partial charge on any atom is 0.0134 e. The summed E-state index contributed by atoms with van der Waals surface area (Å²) in [7, 11) is 0. The van der Waals surface area contributed by atoms with Crippen LogP contribution >= 0.6 is 0 Å². The normalized spacial score (nSPS) is 21.6. The van der Waals surface area contributed by atoms with Crippen molar-refractivity contribution in [3.8, 4) is 0 Å². The average Bonchev–Trinajstić information content (AvgIpc) is 2.39. The molecule has 0 heterocycles. The lowest BCUT2D eigenvalue weighted by molar-refractivity contribution is 0.283. The predicted molar refractivity (Wildman–Crippen MR) is 69.4 cm³/mol. The molecule has 1 aliphatic rings. The molecule has 0 aromatic heterocycles. The molecular weight excluding hydrogens is 194 g/mol. The zero-order valence-electron chi connectivity index (χ0n) is 10.2. The van der Waals surface area contributed by atoms with Gasteiger partial charge in [-0.15, -0.1) is 0 Å². The Bertz CT molecular complexity index is 300. The first kappa shape index (κ1) is 11.7. The molecule has 0 aliphatic heterocycles. The molecule has 2 unspecified atom stereocenters. The highest BCUT2D eigenvalue weighted by molar-refractivity contribution is 5.20. The van der Waals surface area contributed by atoms with Crippen molar-refractivity contribution >= 4 is 0 Å². The molecule has 1 saturated carbocycles. The quantitative estimate of drug-likeness (QED) is 0.821. The van der Waals surface area contributed by atoms with Crippen LogP contribution in [0.25, 0.3) is 0 Å². The number of rotatable bonds is 3. The van der Waals surface area contributed by atoms with E-state index in [9.17, 15) is 0 Å². The van der Waals surface area contributed by atoms with E-state index in [1.54, 1.807) is 0 Å². The van der Waals surface area contributed by atoms with Crippen LogP contribution in [-0.2, 0) is 0 Å².